The molecule has 0 saturated heterocycles. The summed E-state index contributed by atoms with van der Waals surface area (Å²) in [6, 6.07) is 3.50. The van der Waals surface area contributed by atoms with Crippen LogP contribution in [0.3, 0.4) is 0 Å². The lowest BCUT2D eigenvalue weighted by Crippen LogP contribution is -1.96. The zero-order valence-electron chi connectivity index (χ0n) is 6.14. The molecule has 0 bridgehead atoms. The van der Waals surface area contributed by atoms with Crippen LogP contribution in [-0.4, -0.2) is 13.7 Å². The molecule has 0 spiro atoms. The van der Waals surface area contributed by atoms with E-state index in [4.69, 9.17) is 16.2 Å². The second kappa shape index (κ2) is 3.82. The van der Waals surface area contributed by atoms with Crippen molar-refractivity contribution in [3.63, 3.8) is 0 Å². The number of halogens is 1. The van der Waals surface area contributed by atoms with E-state index in [-0.39, 0.29) is 9.92 Å². The third kappa shape index (κ3) is 2.24. The van der Waals surface area contributed by atoms with Crippen molar-refractivity contribution >= 4 is 28.4 Å². The number of benzene rings is 1. The molecule has 13 heavy (non-hydrogen) atoms. The number of nitro benzene ring substituents is 1. The molecule has 1 rings (SSSR count). The van der Waals surface area contributed by atoms with Crippen LogP contribution in [0.5, 0.6) is 0 Å². The van der Waals surface area contributed by atoms with Crippen molar-refractivity contribution in [1.29, 1.82) is 0 Å². The minimum atomic E-state index is -2.37. The molecule has 0 radical (unpaired) electrons. The van der Waals surface area contributed by atoms with Gasteiger partial charge in [0.25, 0.3) is 5.69 Å². The van der Waals surface area contributed by atoms with Gasteiger partial charge in [0.05, 0.1) is 4.92 Å². The van der Waals surface area contributed by atoms with Crippen molar-refractivity contribution in [2.45, 2.75) is 4.90 Å². The lowest BCUT2D eigenvalue weighted by atomic mass is 10.3. The second-order valence-electron chi connectivity index (χ2n) is 2.12. The number of hydrogen-bond acceptors (Lipinski definition) is 3. The minimum absolute atomic E-state index is 0.154. The van der Waals surface area contributed by atoms with Crippen LogP contribution >= 0.6 is 11.6 Å². The van der Waals surface area contributed by atoms with Crippen LogP contribution in [0.25, 0.3) is 0 Å². The van der Waals surface area contributed by atoms with Gasteiger partial charge in [-0.15, -0.1) is 0 Å². The van der Waals surface area contributed by atoms with Crippen molar-refractivity contribution in [1.82, 2.24) is 0 Å². The average Bonchev–Trinajstić information content (AvgIpc) is 2.03. The van der Waals surface area contributed by atoms with Crippen LogP contribution in [0.15, 0.2) is 23.1 Å². The zero-order chi connectivity index (χ0) is 10.0. The first-order chi connectivity index (χ1) is 6.02. The van der Waals surface area contributed by atoms with E-state index in [0.717, 1.165) is 12.1 Å². The minimum Gasteiger partial charge on any atom is -0.302 e. The molecule has 0 aliphatic carbocycles. The van der Waals surface area contributed by atoms with Gasteiger partial charge in [0.1, 0.15) is 4.90 Å². The number of hydrogen-bond donors (Lipinski definition) is 1. The Labute approximate surface area is 80.8 Å². The van der Waals surface area contributed by atoms with Gasteiger partial charge in [-0.05, 0) is 12.1 Å². The van der Waals surface area contributed by atoms with Crippen molar-refractivity contribution < 1.29 is 13.7 Å². The van der Waals surface area contributed by atoms with Crippen LogP contribution in [0, 0.1) is 10.1 Å². The van der Waals surface area contributed by atoms with Gasteiger partial charge in [0.2, 0.25) is 0 Å². The molecule has 1 aromatic carbocycles. The molecule has 1 N–H and O–H groups in total. The highest BCUT2D eigenvalue weighted by Gasteiger charge is 2.17. The summed E-state index contributed by atoms with van der Waals surface area (Å²) < 4.78 is 19.3. The Hall–Kier alpha value is -0.980. The topological polar surface area (TPSA) is 80.4 Å². The van der Waals surface area contributed by atoms with E-state index in [1.165, 1.54) is 6.07 Å². The van der Waals surface area contributed by atoms with E-state index in [9.17, 15) is 14.3 Å². The predicted octanol–water partition coefficient (Wildman–Crippen LogP) is 1.83. The third-order valence-corrected chi connectivity index (χ3v) is 2.26. The Morgan fingerprint density at radius 2 is 2.15 bits per heavy atom. The largest absolute Gasteiger partial charge is 0.302 e. The highest BCUT2D eigenvalue weighted by molar-refractivity contribution is 7.79. The van der Waals surface area contributed by atoms with Gasteiger partial charge in [-0.1, -0.05) is 11.6 Å². The van der Waals surface area contributed by atoms with Gasteiger partial charge in [-0.25, -0.2) is 4.21 Å². The average molecular weight is 222 g/mol. The SMILES string of the molecule is O=[N+]([O-])c1cc(Cl)ccc1S(=O)O. The molecule has 7 heteroatoms. The van der Waals surface area contributed by atoms with Gasteiger partial charge in [0, 0.05) is 11.1 Å². The normalized spacial score (nSPS) is 12.5. The van der Waals surface area contributed by atoms with Crippen molar-refractivity contribution in [3.8, 4) is 0 Å². The Morgan fingerprint density at radius 3 is 2.62 bits per heavy atom. The second-order valence-corrected chi connectivity index (χ2v) is 3.49. The van der Waals surface area contributed by atoms with E-state index < -0.39 is 21.7 Å². The molecule has 5 nitrogen and oxygen atoms in total. The van der Waals surface area contributed by atoms with Crippen LogP contribution in [0.4, 0.5) is 5.69 Å². The van der Waals surface area contributed by atoms with Gasteiger partial charge in [0.15, 0.2) is 11.1 Å². The Morgan fingerprint density at radius 1 is 1.54 bits per heavy atom. The molecule has 0 aliphatic heterocycles. The quantitative estimate of drug-likeness (QED) is 0.469. The summed E-state index contributed by atoms with van der Waals surface area (Å²) in [5.74, 6) is 0. The first-order valence-corrected chi connectivity index (χ1v) is 4.55. The smallest absolute Gasteiger partial charge is 0.289 e. The summed E-state index contributed by atoms with van der Waals surface area (Å²) in [4.78, 5) is 9.37. The predicted molar refractivity (Wildman–Crippen MR) is 47.1 cm³/mol. The fourth-order valence-electron chi connectivity index (χ4n) is 0.781. The lowest BCUT2D eigenvalue weighted by Gasteiger charge is -1.97. The molecular formula is C6H4ClNO4S. The summed E-state index contributed by atoms with van der Waals surface area (Å²) in [6.07, 6.45) is 0. The van der Waals surface area contributed by atoms with Gasteiger partial charge < -0.3 is 4.55 Å². The summed E-state index contributed by atoms with van der Waals surface area (Å²) in [7, 11) is 0. The molecule has 0 aromatic heterocycles. The van der Waals surface area contributed by atoms with Gasteiger partial charge in [-0.2, -0.15) is 0 Å². The molecule has 0 amide bonds. The van der Waals surface area contributed by atoms with Crippen LogP contribution in [-0.2, 0) is 11.1 Å². The Balaban J connectivity index is 3.35. The van der Waals surface area contributed by atoms with Crippen LogP contribution in [0.2, 0.25) is 5.02 Å². The van der Waals surface area contributed by atoms with E-state index in [2.05, 4.69) is 0 Å². The maximum Gasteiger partial charge on any atom is 0.289 e. The van der Waals surface area contributed by atoms with Gasteiger partial charge >= 0.3 is 0 Å². The number of nitro groups is 1. The molecule has 1 atom stereocenters. The van der Waals surface area contributed by atoms with Crippen molar-refractivity contribution in [3.05, 3.63) is 33.3 Å². The highest BCUT2D eigenvalue weighted by atomic mass is 35.5. The number of rotatable bonds is 2. The Kier molecular flexibility index (Phi) is 2.97. The van der Waals surface area contributed by atoms with Crippen molar-refractivity contribution in [2.24, 2.45) is 0 Å². The molecule has 1 aromatic rings. The molecule has 1 unspecified atom stereocenters. The summed E-state index contributed by atoms with van der Waals surface area (Å²) in [5.41, 5.74) is -0.451. The van der Waals surface area contributed by atoms with Crippen molar-refractivity contribution in [2.75, 3.05) is 0 Å². The third-order valence-electron chi connectivity index (χ3n) is 1.31. The van der Waals surface area contributed by atoms with Crippen LogP contribution in [0.1, 0.15) is 0 Å². The van der Waals surface area contributed by atoms with Crippen LogP contribution < -0.4 is 0 Å². The first kappa shape index (κ1) is 10.1. The molecule has 0 fully saturated rings. The summed E-state index contributed by atoms with van der Waals surface area (Å²) >= 11 is 3.11. The Bertz CT molecular complexity index is 381. The van der Waals surface area contributed by atoms with E-state index >= 15 is 0 Å². The monoisotopic (exact) mass is 221 g/mol. The van der Waals surface area contributed by atoms with Gasteiger partial charge in [-0.3, -0.25) is 10.1 Å². The highest BCUT2D eigenvalue weighted by Crippen LogP contribution is 2.24. The van der Waals surface area contributed by atoms with E-state index in [0.29, 0.717) is 0 Å². The lowest BCUT2D eigenvalue weighted by molar-refractivity contribution is -0.387. The molecule has 0 saturated carbocycles. The standard InChI is InChI=1S/C6H4ClNO4S/c7-4-1-2-6(13(11)12)5(3-4)8(9)10/h1-3H,(H,11,12). The molecular weight excluding hydrogens is 218 g/mol. The fourth-order valence-corrected chi connectivity index (χ4v) is 1.44. The molecule has 70 valence electrons. The summed E-state index contributed by atoms with van der Waals surface area (Å²) in [6.45, 7) is 0. The molecule has 0 heterocycles. The fraction of sp³-hybridized carbons (Fsp3) is 0. The maximum atomic E-state index is 10.6. The molecule has 0 aliphatic rings. The number of nitrogens with zero attached hydrogens (tertiary/aromatic N) is 1. The summed E-state index contributed by atoms with van der Waals surface area (Å²) in [5, 5.41) is 10.5. The van der Waals surface area contributed by atoms with E-state index in [1.807, 2.05) is 0 Å². The van der Waals surface area contributed by atoms with E-state index in [1.54, 1.807) is 0 Å². The zero-order valence-corrected chi connectivity index (χ0v) is 7.71. The maximum absolute atomic E-state index is 10.6. The first-order valence-electron chi connectivity index (χ1n) is 3.07.